The Balaban J connectivity index is 1.60. The lowest BCUT2D eigenvalue weighted by Crippen LogP contribution is -2.27. The minimum atomic E-state index is 0.200. The maximum Gasteiger partial charge on any atom is 0.160 e. The molecule has 0 aliphatic carbocycles. The number of methoxy groups -OCH3 is 1. The molecule has 0 aliphatic heterocycles. The summed E-state index contributed by atoms with van der Waals surface area (Å²) < 4.78 is 5.16. The molecule has 3 nitrogen and oxygen atoms in total. The van der Waals surface area contributed by atoms with Crippen molar-refractivity contribution in [2.45, 2.75) is 45.1 Å². The van der Waals surface area contributed by atoms with Crippen LogP contribution in [0.2, 0.25) is 0 Å². The highest BCUT2D eigenvalue weighted by atomic mass is 16.5. The first kappa shape index (κ1) is 18.3. The molecule has 1 atom stereocenters. The van der Waals surface area contributed by atoms with E-state index < -0.39 is 0 Å². The number of nitrogens with one attached hydrogen (secondary N) is 1. The lowest BCUT2D eigenvalue weighted by molar-refractivity contribution is 0.372. The Morgan fingerprint density at radius 3 is 2.54 bits per heavy atom. The van der Waals surface area contributed by atoms with Crippen LogP contribution in [0.25, 0.3) is 0 Å². The van der Waals surface area contributed by atoms with E-state index >= 15 is 0 Å². The summed E-state index contributed by atoms with van der Waals surface area (Å²) in [6.45, 7) is 3.29. The molecule has 24 heavy (non-hydrogen) atoms. The first-order valence-electron chi connectivity index (χ1n) is 8.82. The van der Waals surface area contributed by atoms with E-state index in [1.54, 1.807) is 13.2 Å². The summed E-state index contributed by atoms with van der Waals surface area (Å²) in [5.74, 6) is 0.750. The van der Waals surface area contributed by atoms with Gasteiger partial charge in [0.15, 0.2) is 11.5 Å². The molecule has 0 aliphatic rings. The number of phenols is 1. The predicted octanol–water partition coefficient (Wildman–Crippen LogP) is 4.33. The van der Waals surface area contributed by atoms with Crippen molar-refractivity contribution >= 4 is 0 Å². The van der Waals surface area contributed by atoms with Gasteiger partial charge in [-0.05, 0) is 68.8 Å². The molecule has 0 amide bonds. The highest BCUT2D eigenvalue weighted by Gasteiger charge is 2.05. The van der Waals surface area contributed by atoms with Crippen LogP contribution in [0.4, 0.5) is 0 Å². The average molecular weight is 327 g/mol. The molecule has 2 aromatic rings. The van der Waals surface area contributed by atoms with Crippen molar-refractivity contribution in [1.82, 2.24) is 5.32 Å². The van der Waals surface area contributed by atoms with Crippen LogP contribution in [0.1, 0.15) is 37.3 Å². The van der Waals surface area contributed by atoms with Gasteiger partial charge in [-0.1, -0.05) is 36.4 Å². The van der Waals surface area contributed by atoms with E-state index in [2.05, 4.69) is 42.6 Å². The first-order valence-corrected chi connectivity index (χ1v) is 8.82. The molecule has 0 radical (unpaired) electrons. The van der Waals surface area contributed by atoms with Crippen molar-refractivity contribution in [2.75, 3.05) is 13.7 Å². The molecule has 130 valence electrons. The molecule has 2 rings (SSSR count). The van der Waals surface area contributed by atoms with Gasteiger partial charge in [0.05, 0.1) is 7.11 Å². The topological polar surface area (TPSA) is 41.5 Å². The summed E-state index contributed by atoms with van der Waals surface area (Å²) in [6.07, 6.45) is 5.64. The quantitative estimate of drug-likeness (QED) is 0.638. The molecule has 0 fully saturated rings. The fourth-order valence-electron chi connectivity index (χ4n) is 2.81. The Kier molecular flexibility index (Phi) is 7.63. The number of aryl methyl sites for hydroxylation is 2. The van der Waals surface area contributed by atoms with Crippen LogP contribution in [0.5, 0.6) is 11.5 Å². The molecule has 0 spiro atoms. The molecule has 0 saturated carbocycles. The third-order valence-electron chi connectivity index (χ3n) is 4.34. The third-order valence-corrected chi connectivity index (χ3v) is 4.34. The van der Waals surface area contributed by atoms with Crippen molar-refractivity contribution < 1.29 is 9.84 Å². The van der Waals surface area contributed by atoms with Crippen molar-refractivity contribution in [3.8, 4) is 11.5 Å². The smallest absolute Gasteiger partial charge is 0.160 e. The second-order valence-corrected chi connectivity index (χ2v) is 6.34. The fourth-order valence-corrected chi connectivity index (χ4v) is 2.81. The summed E-state index contributed by atoms with van der Waals surface area (Å²) in [5.41, 5.74) is 2.62. The Labute approximate surface area is 145 Å². The number of benzene rings is 2. The highest BCUT2D eigenvalue weighted by molar-refractivity contribution is 5.41. The van der Waals surface area contributed by atoms with Gasteiger partial charge in [0, 0.05) is 6.04 Å². The van der Waals surface area contributed by atoms with Crippen LogP contribution < -0.4 is 10.1 Å². The van der Waals surface area contributed by atoms with Crippen molar-refractivity contribution in [2.24, 2.45) is 0 Å². The first-order chi connectivity index (χ1) is 11.7. The average Bonchev–Trinajstić information content (AvgIpc) is 2.61. The van der Waals surface area contributed by atoms with Crippen molar-refractivity contribution in [3.05, 3.63) is 59.7 Å². The van der Waals surface area contributed by atoms with Crippen LogP contribution in [0, 0.1) is 0 Å². The summed E-state index contributed by atoms with van der Waals surface area (Å²) in [7, 11) is 1.58. The fraction of sp³-hybridized carbons (Fsp3) is 0.429. The van der Waals surface area contributed by atoms with Crippen LogP contribution >= 0.6 is 0 Å². The number of ether oxygens (including phenoxy) is 1. The van der Waals surface area contributed by atoms with Gasteiger partial charge >= 0.3 is 0 Å². The zero-order valence-corrected chi connectivity index (χ0v) is 14.8. The maximum absolute atomic E-state index is 9.62. The molecule has 0 heterocycles. The molecule has 1 unspecified atom stereocenters. The number of rotatable bonds is 10. The van der Waals surface area contributed by atoms with Gasteiger partial charge in [0.1, 0.15) is 0 Å². The van der Waals surface area contributed by atoms with Gasteiger partial charge < -0.3 is 15.2 Å². The van der Waals surface area contributed by atoms with E-state index in [0.717, 1.165) is 25.8 Å². The standard InChI is InChI=1S/C21H29NO2/c1-17(11-12-19-13-14-20(23)21(16-19)24-2)22-15-7-6-10-18-8-4-3-5-9-18/h3-5,8-9,13-14,16-17,22-23H,6-7,10-12,15H2,1-2H3. The molecule has 0 bridgehead atoms. The Bertz CT molecular complexity index is 598. The van der Waals surface area contributed by atoms with Crippen LogP contribution in [-0.2, 0) is 12.8 Å². The van der Waals surface area contributed by atoms with E-state index in [9.17, 15) is 5.11 Å². The number of hydrogen-bond donors (Lipinski definition) is 2. The van der Waals surface area contributed by atoms with E-state index in [4.69, 9.17) is 4.74 Å². The van der Waals surface area contributed by atoms with Gasteiger partial charge in [0.25, 0.3) is 0 Å². The summed E-state index contributed by atoms with van der Waals surface area (Å²) in [6, 6.07) is 16.7. The van der Waals surface area contributed by atoms with E-state index in [-0.39, 0.29) is 5.75 Å². The lowest BCUT2D eigenvalue weighted by atomic mass is 10.0. The van der Waals surface area contributed by atoms with Gasteiger partial charge in [-0.3, -0.25) is 0 Å². The van der Waals surface area contributed by atoms with Crippen molar-refractivity contribution in [1.29, 1.82) is 0 Å². The summed E-state index contributed by atoms with van der Waals surface area (Å²) in [5, 5.41) is 13.2. The maximum atomic E-state index is 9.62. The van der Waals surface area contributed by atoms with E-state index in [0.29, 0.717) is 11.8 Å². The highest BCUT2D eigenvalue weighted by Crippen LogP contribution is 2.26. The molecule has 2 aromatic carbocycles. The SMILES string of the molecule is COc1cc(CCC(C)NCCCCc2ccccc2)ccc1O. The zero-order chi connectivity index (χ0) is 17.2. The predicted molar refractivity (Wildman–Crippen MR) is 99.8 cm³/mol. The number of hydrogen-bond acceptors (Lipinski definition) is 3. The largest absolute Gasteiger partial charge is 0.504 e. The second-order valence-electron chi connectivity index (χ2n) is 6.34. The second kappa shape index (κ2) is 9.99. The monoisotopic (exact) mass is 327 g/mol. The van der Waals surface area contributed by atoms with Crippen LogP contribution in [0.3, 0.4) is 0 Å². The molecular weight excluding hydrogens is 298 g/mol. The molecular formula is C21H29NO2. The Morgan fingerprint density at radius 1 is 1.00 bits per heavy atom. The Morgan fingerprint density at radius 2 is 1.79 bits per heavy atom. The Hall–Kier alpha value is -2.00. The normalized spacial score (nSPS) is 12.1. The minimum Gasteiger partial charge on any atom is -0.504 e. The zero-order valence-electron chi connectivity index (χ0n) is 14.8. The molecule has 2 N–H and O–H groups in total. The number of unbranched alkanes of at least 4 members (excludes halogenated alkanes) is 1. The van der Waals surface area contributed by atoms with Crippen LogP contribution in [0.15, 0.2) is 48.5 Å². The number of phenolic OH excluding ortho intramolecular Hbond substituents is 1. The summed E-state index contributed by atoms with van der Waals surface area (Å²) >= 11 is 0. The number of aromatic hydroxyl groups is 1. The van der Waals surface area contributed by atoms with Gasteiger partial charge in [-0.25, -0.2) is 0 Å². The van der Waals surface area contributed by atoms with Gasteiger partial charge in [-0.15, -0.1) is 0 Å². The van der Waals surface area contributed by atoms with Gasteiger partial charge in [-0.2, -0.15) is 0 Å². The molecule has 0 aromatic heterocycles. The third kappa shape index (κ3) is 6.25. The van der Waals surface area contributed by atoms with Crippen molar-refractivity contribution in [3.63, 3.8) is 0 Å². The van der Waals surface area contributed by atoms with Crippen LogP contribution in [-0.4, -0.2) is 24.8 Å². The molecule has 0 saturated heterocycles. The minimum absolute atomic E-state index is 0.200. The van der Waals surface area contributed by atoms with E-state index in [1.807, 2.05) is 12.1 Å². The molecule has 3 heteroatoms. The lowest BCUT2D eigenvalue weighted by Gasteiger charge is -2.14. The van der Waals surface area contributed by atoms with Gasteiger partial charge in [0.2, 0.25) is 0 Å². The van der Waals surface area contributed by atoms with E-state index in [1.165, 1.54) is 24.0 Å². The summed E-state index contributed by atoms with van der Waals surface area (Å²) in [4.78, 5) is 0.